The van der Waals surface area contributed by atoms with Gasteiger partial charge in [0.1, 0.15) is 11.5 Å². The van der Waals surface area contributed by atoms with Crippen LogP contribution >= 0.6 is 37.9 Å². The Balaban J connectivity index is 3.72. The maximum atomic E-state index is 11.3. The number of rotatable bonds is 2. The van der Waals surface area contributed by atoms with E-state index in [0.29, 0.717) is 0 Å². The summed E-state index contributed by atoms with van der Waals surface area (Å²) in [6.07, 6.45) is 0. The minimum absolute atomic E-state index is 0.688. The van der Waals surface area contributed by atoms with Gasteiger partial charge in [0.25, 0.3) is 5.91 Å². The van der Waals surface area contributed by atoms with E-state index in [2.05, 4.69) is 37.9 Å². The lowest BCUT2D eigenvalue weighted by Crippen LogP contribution is -2.54. The molecule has 0 aromatic rings. The summed E-state index contributed by atoms with van der Waals surface area (Å²) in [6.45, 7) is 0. The fraction of sp³-hybridized carbons (Fsp3) is 0.250. The van der Waals surface area contributed by atoms with Crippen LogP contribution in [-0.2, 0) is 9.59 Å². The van der Waals surface area contributed by atoms with Crippen molar-refractivity contribution in [1.29, 1.82) is 0 Å². The number of aliphatic hydroxyl groups is 3. The van der Waals surface area contributed by atoms with E-state index < -0.39 is 43.5 Å². The molecule has 0 aromatic carbocycles. The first-order valence-electron chi connectivity index (χ1n) is 4.33. The number of primary amides is 2. The first kappa shape index (κ1) is 15.1. The molecular weight excluding hydrogens is 300 g/mol. The molecule has 1 aliphatic carbocycles. The molecule has 100 valence electrons. The molecule has 2 amide bonds. The van der Waals surface area contributed by atoms with Gasteiger partial charge in [0, 0.05) is 0 Å². The van der Waals surface area contributed by atoms with Crippen LogP contribution in [0.4, 0.5) is 0 Å². The van der Waals surface area contributed by atoms with Crippen molar-refractivity contribution < 1.29 is 24.9 Å². The molecule has 0 radical (unpaired) electrons. The number of carbonyl (C=O) groups excluding carboxylic acids is 2. The average molecular weight is 310 g/mol. The summed E-state index contributed by atoms with van der Waals surface area (Å²) in [4.78, 5) is 21.1. The molecule has 7 nitrogen and oxygen atoms in total. The molecule has 0 aromatic heterocycles. The number of nitrogens with two attached hydrogens (primary N) is 2. The predicted octanol–water partition coefficient (Wildman–Crippen LogP) is -1.23. The van der Waals surface area contributed by atoms with E-state index in [-0.39, 0.29) is 0 Å². The van der Waals surface area contributed by atoms with Gasteiger partial charge in [0.05, 0.1) is 9.81 Å². The Morgan fingerprint density at radius 1 is 1.00 bits per heavy atom. The Kier molecular flexibility index (Phi) is 3.60. The summed E-state index contributed by atoms with van der Waals surface area (Å²) in [5, 5.41) is 29.5. The highest BCUT2D eigenvalue weighted by Gasteiger charge is 2.57. The van der Waals surface area contributed by atoms with Crippen LogP contribution in [0.3, 0.4) is 0 Å². The monoisotopic (exact) mass is 310 g/mol. The van der Waals surface area contributed by atoms with Crippen LogP contribution in [0.15, 0.2) is 21.3 Å². The van der Waals surface area contributed by atoms with Gasteiger partial charge in [0.2, 0.25) is 16.3 Å². The van der Waals surface area contributed by atoms with Gasteiger partial charge in [-0.2, -0.15) is 0 Å². The fourth-order valence-corrected chi connectivity index (χ4v) is 2.64. The van der Waals surface area contributed by atoms with Gasteiger partial charge in [-0.25, -0.2) is 0 Å². The molecule has 0 spiro atoms. The van der Waals surface area contributed by atoms with E-state index in [9.17, 15) is 24.9 Å². The van der Waals surface area contributed by atoms with E-state index in [1.54, 1.807) is 0 Å². The molecule has 0 saturated carbocycles. The molecule has 0 heterocycles. The molecule has 10 heteroatoms. The zero-order valence-corrected chi connectivity index (χ0v) is 11.3. The number of aliphatic hydroxyl groups excluding tert-OH is 2. The minimum Gasteiger partial charge on any atom is -0.509 e. The second-order valence-electron chi connectivity index (χ2n) is 3.54. The molecule has 0 bridgehead atoms. The molecule has 0 unspecified atom stereocenters. The third-order valence-electron chi connectivity index (χ3n) is 2.53. The molecule has 7 N–H and O–H groups in total. The van der Waals surface area contributed by atoms with Crippen molar-refractivity contribution >= 4 is 49.7 Å². The van der Waals surface area contributed by atoms with Gasteiger partial charge in [0.15, 0.2) is 0 Å². The van der Waals surface area contributed by atoms with Gasteiger partial charge in [-0.05, 0) is 0 Å². The average Bonchev–Trinajstić information content (AvgIpc) is 2.30. The van der Waals surface area contributed by atoms with Crippen LogP contribution in [0, 0.1) is 0 Å². The van der Waals surface area contributed by atoms with E-state index >= 15 is 0 Å². The second kappa shape index (κ2) is 4.30. The van der Waals surface area contributed by atoms with Crippen molar-refractivity contribution in [1.82, 2.24) is 0 Å². The van der Waals surface area contributed by atoms with E-state index in [1.165, 1.54) is 0 Å². The molecule has 0 atom stereocenters. The summed E-state index contributed by atoms with van der Waals surface area (Å²) in [6, 6.07) is 0. The Bertz CT molecular complexity index is 443. The quantitative estimate of drug-likeness (QED) is 0.301. The smallest absolute Gasteiger partial charge is 0.260 e. The van der Waals surface area contributed by atoms with Crippen LogP contribution in [0.2, 0.25) is 0 Å². The number of hydrogen-bond acceptors (Lipinski definition) is 8. The van der Waals surface area contributed by atoms with Crippen LogP contribution in [-0.4, -0.2) is 37.5 Å². The van der Waals surface area contributed by atoms with E-state index in [4.69, 9.17) is 11.5 Å². The highest BCUT2D eigenvalue weighted by atomic mass is 32.1. The molecule has 0 aliphatic heterocycles. The maximum Gasteiger partial charge on any atom is 0.260 e. The van der Waals surface area contributed by atoms with Gasteiger partial charge >= 0.3 is 0 Å². The van der Waals surface area contributed by atoms with Gasteiger partial charge in [-0.1, -0.05) is 0 Å². The lowest BCUT2D eigenvalue weighted by Gasteiger charge is -2.37. The summed E-state index contributed by atoms with van der Waals surface area (Å²) in [5.41, 5.74) is 7.30. The van der Waals surface area contributed by atoms with Crippen molar-refractivity contribution in [2.75, 3.05) is 0 Å². The normalized spacial score (nSPS) is 32.7. The third kappa shape index (κ3) is 1.60. The number of amides is 2. The van der Waals surface area contributed by atoms with Crippen LogP contribution in [0.25, 0.3) is 0 Å². The first-order chi connectivity index (χ1) is 8.02. The molecule has 0 fully saturated rings. The largest absolute Gasteiger partial charge is 0.509 e. The Morgan fingerprint density at radius 3 is 1.56 bits per heavy atom. The second-order valence-corrected chi connectivity index (χ2v) is 5.11. The van der Waals surface area contributed by atoms with Gasteiger partial charge < -0.3 is 26.8 Å². The van der Waals surface area contributed by atoms with Crippen LogP contribution in [0.1, 0.15) is 0 Å². The van der Waals surface area contributed by atoms with E-state index in [1.807, 2.05) is 0 Å². The Morgan fingerprint density at radius 2 is 1.33 bits per heavy atom. The lowest BCUT2D eigenvalue weighted by molar-refractivity contribution is -0.130. The predicted molar refractivity (Wildman–Crippen MR) is 72.3 cm³/mol. The molecule has 0 saturated heterocycles. The third-order valence-corrected chi connectivity index (χ3v) is 4.25. The highest BCUT2D eigenvalue weighted by Crippen LogP contribution is 2.47. The van der Waals surface area contributed by atoms with Crippen molar-refractivity contribution in [3.05, 3.63) is 21.3 Å². The summed E-state index contributed by atoms with van der Waals surface area (Å²) in [7, 11) is 0. The van der Waals surface area contributed by atoms with Crippen molar-refractivity contribution in [3.63, 3.8) is 0 Å². The molecule has 1 aliphatic rings. The van der Waals surface area contributed by atoms with Crippen molar-refractivity contribution in [2.45, 2.75) is 10.3 Å². The Hall–Kier alpha value is -0.970. The molecule has 1 rings (SSSR count). The summed E-state index contributed by atoms with van der Waals surface area (Å²) < 4.78 is -2.34. The standard InChI is InChI=1S/C8H10N2O5S3/c9-5(13)7(15)3(16)1(11)8(18,6(10)14)2(12)4(7)17/h11-12,15-18H,(H2,9,13)(H2,10,14). The SMILES string of the molecule is NC(=O)C1(O)C(S)=C(O)C(S)(C(N)=O)C(O)=C1S. The van der Waals surface area contributed by atoms with Crippen molar-refractivity contribution in [3.8, 4) is 0 Å². The van der Waals surface area contributed by atoms with Gasteiger partial charge in [-0.3, -0.25) is 9.59 Å². The minimum atomic E-state index is -2.65. The highest BCUT2D eigenvalue weighted by molar-refractivity contribution is 7.87. The lowest BCUT2D eigenvalue weighted by atomic mass is 9.86. The fourth-order valence-electron chi connectivity index (χ4n) is 1.38. The van der Waals surface area contributed by atoms with E-state index in [0.717, 1.165) is 0 Å². The topological polar surface area (TPSA) is 147 Å². The number of hydrogen-bond donors (Lipinski definition) is 8. The van der Waals surface area contributed by atoms with Crippen LogP contribution < -0.4 is 11.5 Å². The van der Waals surface area contributed by atoms with Gasteiger partial charge in [-0.15, -0.1) is 37.9 Å². The summed E-state index contributed by atoms with van der Waals surface area (Å²) in [5.74, 6) is -4.60. The number of thiol groups is 3. The summed E-state index contributed by atoms with van der Waals surface area (Å²) >= 11 is 11.2. The molecule has 18 heavy (non-hydrogen) atoms. The number of carbonyl (C=O) groups is 2. The van der Waals surface area contributed by atoms with Crippen LogP contribution in [0.5, 0.6) is 0 Å². The zero-order valence-electron chi connectivity index (χ0n) is 8.65. The maximum absolute atomic E-state index is 11.3. The zero-order chi connectivity index (χ0) is 14.5. The molecular formula is C8H10N2O5S3. The Labute approximate surface area is 118 Å². The first-order valence-corrected chi connectivity index (χ1v) is 5.67. The van der Waals surface area contributed by atoms with Crippen molar-refractivity contribution in [2.24, 2.45) is 11.5 Å².